The molecule has 0 aliphatic rings. The van der Waals surface area contributed by atoms with Crippen LogP contribution in [0.1, 0.15) is 18.4 Å². The second kappa shape index (κ2) is 6.89. The van der Waals surface area contributed by atoms with Crippen LogP contribution in [0.5, 0.6) is 5.75 Å². The van der Waals surface area contributed by atoms with Crippen molar-refractivity contribution in [3.05, 3.63) is 32.8 Å². The maximum atomic E-state index is 5.67. The van der Waals surface area contributed by atoms with Gasteiger partial charge in [-0.05, 0) is 47.2 Å². The molecule has 0 unspecified atom stereocenters. The number of benzene rings is 1. The Morgan fingerprint density at radius 3 is 3.06 bits per heavy atom. The van der Waals surface area contributed by atoms with Gasteiger partial charge in [0.25, 0.3) is 0 Å². The van der Waals surface area contributed by atoms with E-state index < -0.39 is 0 Å². The molecule has 2 rings (SSSR count). The molecule has 0 bridgehead atoms. The molecule has 0 saturated heterocycles. The van der Waals surface area contributed by atoms with E-state index in [4.69, 9.17) is 4.74 Å². The van der Waals surface area contributed by atoms with Gasteiger partial charge in [0.05, 0.1) is 0 Å². The van der Waals surface area contributed by atoms with Gasteiger partial charge in [-0.2, -0.15) is 0 Å². The van der Waals surface area contributed by atoms with E-state index in [0.717, 1.165) is 32.4 Å². The highest BCUT2D eigenvalue weighted by Crippen LogP contribution is 2.19. The lowest BCUT2D eigenvalue weighted by Gasteiger charge is -2.03. The molecular weight excluding hydrogens is 361 g/mol. The molecular formula is C12H14IN3OS. The third kappa shape index (κ3) is 4.09. The van der Waals surface area contributed by atoms with Crippen LogP contribution in [0.4, 0.5) is 5.13 Å². The number of aromatic nitrogens is 2. The summed E-state index contributed by atoms with van der Waals surface area (Å²) in [4.78, 5) is 0. The molecule has 0 aliphatic heterocycles. The molecule has 96 valence electrons. The van der Waals surface area contributed by atoms with Crippen LogP contribution in [0.2, 0.25) is 0 Å². The zero-order valence-electron chi connectivity index (χ0n) is 10.0. The highest BCUT2D eigenvalue weighted by molar-refractivity contribution is 14.1. The van der Waals surface area contributed by atoms with Gasteiger partial charge in [0.1, 0.15) is 12.4 Å². The predicted molar refractivity (Wildman–Crippen MR) is 82.2 cm³/mol. The fourth-order valence-electron chi connectivity index (χ4n) is 1.32. The molecule has 18 heavy (non-hydrogen) atoms. The molecule has 0 fully saturated rings. The Morgan fingerprint density at radius 2 is 2.28 bits per heavy atom. The van der Waals surface area contributed by atoms with Crippen molar-refractivity contribution in [2.75, 3.05) is 11.9 Å². The lowest BCUT2D eigenvalue weighted by molar-refractivity contribution is 0.304. The molecule has 0 atom stereocenters. The van der Waals surface area contributed by atoms with Crippen LogP contribution in [0.25, 0.3) is 0 Å². The fraction of sp³-hybridized carbons (Fsp3) is 0.333. The Hall–Kier alpha value is -0.890. The molecule has 1 aromatic carbocycles. The van der Waals surface area contributed by atoms with Crippen LogP contribution in [0.3, 0.4) is 0 Å². The molecule has 1 N–H and O–H groups in total. The number of rotatable bonds is 6. The average molecular weight is 375 g/mol. The number of hydrogen-bond acceptors (Lipinski definition) is 5. The van der Waals surface area contributed by atoms with E-state index in [0.29, 0.717) is 6.61 Å². The maximum absolute atomic E-state index is 5.67. The molecule has 0 amide bonds. The zero-order valence-corrected chi connectivity index (χ0v) is 13.0. The molecule has 2 aromatic rings. The van der Waals surface area contributed by atoms with Gasteiger partial charge in [0.15, 0.2) is 5.01 Å². The lowest BCUT2D eigenvalue weighted by atomic mass is 10.3. The second-order valence-corrected chi connectivity index (χ2v) is 5.98. The minimum absolute atomic E-state index is 0.464. The van der Waals surface area contributed by atoms with Crippen LogP contribution in [-0.2, 0) is 6.61 Å². The third-order valence-corrected chi connectivity index (χ3v) is 3.68. The van der Waals surface area contributed by atoms with E-state index in [1.54, 1.807) is 0 Å². The second-order valence-electron chi connectivity index (χ2n) is 3.67. The smallest absolute Gasteiger partial charge is 0.205 e. The van der Waals surface area contributed by atoms with Crippen LogP contribution >= 0.6 is 33.9 Å². The largest absolute Gasteiger partial charge is 0.486 e. The van der Waals surface area contributed by atoms with Gasteiger partial charge in [-0.15, -0.1) is 10.2 Å². The summed E-state index contributed by atoms with van der Waals surface area (Å²) >= 11 is 3.80. The van der Waals surface area contributed by atoms with Gasteiger partial charge in [0.2, 0.25) is 5.13 Å². The minimum Gasteiger partial charge on any atom is -0.486 e. The van der Waals surface area contributed by atoms with E-state index >= 15 is 0 Å². The van der Waals surface area contributed by atoms with Gasteiger partial charge in [-0.1, -0.05) is 24.3 Å². The van der Waals surface area contributed by atoms with Gasteiger partial charge in [0, 0.05) is 10.1 Å². The number of halogens is 1. The Bertz CT molecular complexity index is 504. The summed E-state index contributed by atoms with van der Waals surface area (Å²) in [6.07, 6.45) is 1.08. The van der Waals surface area contributed by atoms with E-state index in [-0.39, 0.29) is 0 Å². The van der Waals surface area contributed by atoms with Crippen LogP contribution in [0, 0.1) is 3.57 Å². The Morgan fingerprint density at radius 1 is 1.39 bits per heavy atom. The lowest BCUT2D eigenvalue weighted by Crippen LogP contribution is -1.98. The van der Waals surface area contributed by atoms with Crippen molar-refractivity contribution in [3.8, 4) is 5.75 Å². The Kier molecular flexibility index (Phi) is 5.18. The summed E-state index contributed by atoms with van der Waals surface area (Å²) in [5.41, 5.74) is 0. The molecule has 0 spiro atoms. The summed E-state index contributed by atoms with van der Waals surface area (Å²) in [6, 6.07) is 7.95. The summed E-state index contributed by atoms with van der Waals surface area (Å²) < 4.78 is 6.83. The number of anilines is 1. The van der Waals surface area contributed by atoms with Crippen LogP contribution in [0.15, 0.2) is 24.3 Å². The van der Waals surface area contributed by atoms with E-state index in [1.807, 2.05) is 24.3 Å². The fourth-order valence-corrected chi connectivity index (χ4v) is 2.51. The van der Waals surface area contributed by atoms with Gasteiger partial charge < -0.3 is 10.1 Å². The Balaban J connectivity index is 1.88. The molecule has 1 heterocycles. The zero-order chi connectivity index (χ0) is 12.8. The standard InChI is InChI=1S/C12H14IN3OS/c1-2-6-14-12-16-15-11(18-12)8-17-10-5-3-4-9(13)7-10/h3-5,7H,2,6,8H2,1H3,(H,14,16). The van der Waals surface area contributed by atoms with Crippen molar-refractivity contribution >= 4 is 39.1 Å². The van der Waals surface area contributed by atoms with Crippen molar-refractivity contribution in [3.63, 3.8) is 0 Å². The molecule has 0 radical (unpaired) electrons. The van der Waals surface area contributed by atoms with Gasteiger partial charge >= 0.3 is 0 Å². The number of nitrogens with one attached hydrogen (secondary N) is 1. The first kappa shape index (κ1) is 13.5. The summed E-state index contributed by atoms with van der Waals surface area (Å²) in [5, 5.41) is 13.1. The summed E-state index contributed by atoms with van der Waals surface area (Å²) in [7, 11) is 0. The predicted octanol–water partition coefficient (Wildman–Crippen LogP) is 3.54. The first-order valence-corrected chi connectivity index (χ1v) is 7.62. The van der Waals surface area contributed by atoms with Crippen molar-refractivity contribution in [2.45, 2.75) is 20.0 Å². The van der Waals surface area contributed by atoms with E-state index in [9.17, 15) is 0 Å². The molecule has 6 heteroatoms. The topological polar surface area (TPSA) is 47.0 Å². The van der Waals surface area contributed by atoms with E-state index in [1.165, 1.54) is 11.3 Å². The molecule has 4 nitrogen and oxygen atoms in total. The quantitative estimate of drug-likeness (QED) is 0.785. The summed E-state index contributed by atoms with van der Waals surface area (Å²) in [6.45, 7) is 3.51. The van der Waals surface area contributed by atoms with Crippen molar-refractivity contribution < 1.29 is 4.74 Å². The highest BCUT2D eigenvalue weighted by Gasteiger charge is 2.04. The van der Waals surface area contributed by atoms with Crippen LogP contribution < -0.4 is 10.1 Å². The minimum atomic E-state index is 0.464. The third-order valence-electron chi connectivity index (χ3n) is 2.15. The monoisotopic (exact) mass is 375 g/mol. The number of ether oxygens (including phenoxy) is 1. The highest BCUT2D eigenvalue weighted by atomic mass is 127. The first-order chi connectivity index (χ1) is 8.78. The normalized spacial score (nSPS) is 10.3. The van der Waals surface area contributed by atoms with E-state index in [2.05, 4.69) is 45.0 Å². The Labute approximate surface area is 124 Å². The molecule has 0 saturated carbocycles. The SMILES string of the molecule is CCCNc1nnc(COc2cccc(I)c2)s1. The van der Waals surface area contributed by atoms with Crippen LogP contribution in [-0.4, -0.2) is 16.7 Å². The maximum Gasteiger partial charge on any atom is 0.205 e. The first-order valence-electron chi connectivity index (χ1n) is 5.72. The number of hydrogen-bond donors (Lipinski definition) is 1. The number of nitrogens with zero attached hydrogens (tertiary/aromatic N) is 2. The van der Waals surface area contributed by atoms with Crippen molar-refractivity contribution in [1.82, 2.24) is 10.2 Å². The summed E-state index contributed by atoms with van der Waals surface area (Å²) in [5.74, 6) is 0.861. The molecule has 0 aliphatic carbocycles. The van der Waals surface area contributed by atoms with Gasteiger partial charge in [-0.3, -0.25) is 0 Å². The van der Waals surface area contributed by atoms with Crippen molar-refractivity contribution in [1.29, 1.82) is 0 Å². The average Bonchev–Trinajstić information content (AvgIpc) is 2.82. The van der Waals surface area contributed by atoms with Gasteiger partial charge in [-0.25, -0.2) is 0 Å². The molecule has 1 aromatic heterocycles. The van der Waals surface area contributed by atoms with Crippen molar-refractivity contribution in [2.24, 2.45) is 0 Å².